The molecule has 2 aliphatic heterocycles. The van der Waals surface area contributed by atoms with Crippen molar-refractivity contribution < 1.29 is 9.53 Å². The molecule has 3 aliphatic rings. The fourth-order valence-corrected chi connectivity index (χ4v) is 4.42. The highest BCUT2D eigenvalue weighted by Gasteiger charge is 2.43. The zero-order chi connectivity index (χ0) is 16.8. The molecule has 1 aliphatic carbocycles. The first kappa shape index (κ1) is 15.3. The molecule has 1 atom stereocenters. The molecule has 1 aromatic heterocycles. The van der Waals surface area contributed by atoms with E-state index in [9.17, 15) is 4.79 Å². The van der Waals surface area contributed by atoms with Crippen LogP contribution in [-0.4, -0.2) is 58.5 Å². The number of aromatic nitrogens is 1. The summed E-state index contributed by atoms with van der Waals surface area (Å²) >= 11 is 0. The van der Waals surface area contributed by atoms with Gasteiger partial charge in [-0.05, 0) is 50.3 Å². The molecule has 2 saturated heterocycles. The van der Waals surface area contributed by atoms with Gasteiger partial charge in [-0.25, -0.2) is 0 Å². The lowest BCUT2D eigenvalue weighted by atomic mass is 10.0. The van der Waals surface area contributed by atoms with Gasteiger partial charge in [-0.2, -0.15) is 0 Å². The molecule has 3 heterocycles. The molecule has 25 heavy (non-hydrogen) atoms. The number of ether oxygens (including phenoxy) is 1. The van der Waals surface area contributed by atoms with Crippen LogP contribution in [0.1, 0.15) is 32.1 Å². The number of hydrogen-bond donors (Lipinski definition) is 1. The predicted molar refractivity (Wildman–Crippen MR) is 96.7 cm³/mol. The van der Waals surface area contributed by atoms with Gasteiger partial charge < -0.3 is 14.6 Å². The largest absolute Gasteiger partial charge is 0.490 e. The van der Waals surface area contributed by atoms with Crippen molar-refractivity contribution in [1.82, 2.24) is 14.8 Å². The standard InChI is InChI=1S/C20H25N3O2/c24-20-18(9-13-23(20)14-4-5-14)22-11-7-15(8-12-22)25-19-3-1-2-17-16(19)6-10-21-17/h1-3,6,10,14-15,18,21H,4-5,7-9,11-13H2. The summed E-state index contributed by atoms with van der Waals surface area (Å²) in [5, 5.41) is 1.15. The van der Waals surface area contributed by atoms with Crippen LogP contribution in [0.5, 0.6) is 5.75 Å². The van der Waals surface area contributed by atoms with Crippen LogP contribution >= 0.6 is 0 Å². The van der Waals surface area contributed by atoms with Crippen molar-refractivity contribution in [2.24, 2.45) is 0 Å². The summed E-state index contributed by atoms with van der Waals surface area (Å²) in [6, 6.07) is 8.91. The quantitative estimate of drug-likeness (QED) is 0.932. The lowest BCUT2D eigenvalue weighted by Crippen LogP contribution is -2.47. The highest BCUT2D eigenvalue weighted by Crippen LogP contribution is 2.33. The summed E-state index contributed by atoms with van der Waals surface area (Å²) in [6.45, 7) is 2.88. The van der Waals surface area contributed by atoms with Crippen LogP contribution in [0.2, 0.25) is 0 Å². The van der Waals surface area contributed by atoms with Gasteiger partial charge in [0.15, 0.2) is 0 Å². The van der Waals surface area contributed by atoms with Crippen molar-refractivity contribution in [2.45, 2.75) is 50.3 Å². The summed E-state index contributed by atoms with van der Waals surface area (Å²) in [4.78, 5) is 20.4. The van der Waals surface area contributed by atoms with E-state index in [1.807, 2.05) is 12.3 Å². The highest BCUT2D eigenvalue weighted by atomic mass is 16.5. The van der Waals surface area contributed by atoms with E-state index >= 15 is 0 Å². The summed E-state index contributed by atoms with van der Waals surface area (Å²) in [6.07, 6.45) is 7.61. The summed E-state index contributed by atoms with van der Waals surface area (Å²) < 4.78 is 6.29. The molecule has 5 heteroatoms. The minimum atomic E-state index is 0.120. The Labute approximate surface area is 147 Å². The monoisotopic (exact) mass is 339 g/mol. The molecule has 1 unspecified atom stereocenters. The van der Waals surface area contributed by atoms with E-state index in [4.69, 9.17) is 4.74 Å². The van der Waals surface area contributed by atoms with Crippen LogP contribution in [0.15, 0.2) is 30.5 Å². The number of carbonyl (C=O) groups is 1. The van der Waals surface area contributed by atoms with Crippen molar-refractivity contribution in [3.05, 3.63) is 30.5 Å². The molecule has 0 bridgehead atoms. The van der Waals surface area contributed by atoms with Crippen LogP contribution in [0.3, 0.4) is 0 Å². The Morgan fingerprint density at radius 2 is 1.84 bits per heavy atom. The van der Waals surface area contributed by atoms with Gasteiger partial charge in [0.2, 0.25) is 5.91 Å². The number of nitrogens with one attached hydrogen (secondary N) is 1. The second-order valence-electron chi connectivity index (χ2n) is 7.62. The van der Waals surface area contributed by atoms with E-state index in [2.05, 4.69) is 33.0 Å². The van der Waals surface area contributed by atoms with Crippen LogP contribution < -0.4 is 4.74 Å². The van der Waals surface area contributed by atoms with Crippen molar-refractivity contribution >= 4 is 16.8 Å². The topological polar surface area (TPSA) is 48.6 Å². The molecule has 0 spiro atoms. The predicted octanol–water partition coefficient (Wildman–Crippen LogP) is 2.77. The third kappa shape index (κ3) is 2.80. The van der Waals surface area contributed by atoms with Gasteiger partial charge in [-0.1, -0.05) is 6.07 Å². The lowest BCUT2D eigenvalue weighted by Gasteiger charge is -2.35. The Bertz CT molecular complexity index is 774. The minimum absolute atomic E-state index is 0.120. The number of rotatable bonds is 4. The molecule has 132 valence electrons. The Hall–Kier alpha value is -2.01. The van der Waals surface area contributed by atoms with Crippen LogP contribution in [0.4, 0.5) is 0 Å². The maximum Gasteiger partial charge on any atom is 0.240 e. The molecule has 1 saturated carbocycles. The molecule has 0 radical (unpaired) electrons. The van der Waals surface area contributed by atoms with Crippen LogP contribution in [0, 0.1) is 0 Å². The SMILES string of the molecule is O=C1C(N2CCC(Oc3cccc4[nH]ccc34)CC2)CCN1C1CC1. The Morgan fingerprint density at radius 3 is 2.64 bits per heavy atom. The van der Waals surface area contributed by atoms with Crippen LogP contribution in [-0.2, 0) is 4.79 Å². The van der Waals surface area contributed by atoms with E-state index in [1.54, 1.807) is 0 Å². The Balaban J connectivity index is 1.20. The summed E-state index contributed by atoms with van der Waals surface area (Å²) in [5.74, 6) is 1.34. The first-order valence-corrected chi connectivity index (χ1v) is 9.57. The van der Waals surface area contributed by atoms with E-state index in [1.165, 1.54) is 12.8 Å². The third-order valence-electron chi connectivity index (χ3n) is 5.97. The molecule has 1 aromatic carbocycles. The molecule has 5 nitrogen and oxygen atoms in total. The smallest absolute Gasteiger partial charge is 0.240 e. The number of benzene rings is 1. The van der Waals surface area contributed by atoms with E-state index < -0.39 is 0 Å². The zero-order valence-electron chi connectivity index (χ0n) is 14.5. The average molecular weight is 339 g/mol. The number of amides is 1. The lowest BCUT2D eigenvalue weighted by molar-refractivity contribution is -0.133. The van der Waals surface area contributed by atoms with Crippen molar-refractivity contribution in [3.8, 4) is 5.75 Å². The van der Waals surface area contributed by atoms with Gasteiger partial charge in [0.25, 0.3) is 0 Å². The Morgan fingerprint density at radius 1 is 1.00 bits per heavy atom. The number of hydrogen-bond acceptors (Lipinski definition) is 3. The van der Waals surface area contributed by atoms with E-state index in [0.29, 0.717) is 11.9 Å². The number of fused-ring (bicyclic) bond motifs is 1. The number of carbonyl (C=O) groups excluding carboxylic acids is 1. The number of H-pyrrole nitrogens is 1. The summed E-state index contributed by atoms with van der Waals surface area (Å²) in [5.41, 5.74) is 1.12. The number of piperidine rings is 1. The minimum Gasteiger partial charge on any atom is -0.490 e. The van der Waals surface area contributed by atoms with Gasteiger partial charge in [-0.3, -0.25) is 9.69 Å². The fourth-order valence-electron chi connectivity index (χ4n) is 4.42. The molecule has 2 aromatic rings. The maximum absolute atomic E-state index is 12.6. The van der Waals surface area contributed by atoms with E-state index in [0.717, 1.165) is 55.5 Å². The third-order valence-corrected chi connectivity index (χ3v) is 5.97. The molecule has 1 amide bonds. The normalized spacial score (nSPS) is 25.8. The number of nitrogens with zero attached hydrogens (tertiary/aromatic N) is 2. The van der Waals surface area contributed by atoms with Crippen molar-refractivity contribution in [1.29, 1.82) is 0 Å². The van der Waals surface area contributed by atoms with Gasteiger partial charge in [0.1, 0.15) is 11.9 Å². The Kier molecular flexibility index (Phi) is 3.70. The van der Waals surface area contributed by atoms with Gasteiger partial charge in [0.05, 0.1) is 6.04 Å². The molecular formula is C20H25N3O2. The van der Waals surface area contributed by atoms with Crippen molar-refractivity contribution in [2.75, 3.05) is 19.6 Å². The second kappa shape index (κ2) is 6.06. The molecule has 1 N–H and O–H groups in total. The van der Waals surface area contributed by atoms with Gasteiger partial charge in [-0.15, -0.1) is 0 Å². The highest BCUT2D eigenvalue weighted by molar-refractivity contribution is 5.86. The molecule has 3 fully saturated rings. The zero-order valence-corrected chi connectivity index (χ0v) is 14.5. The average Bonchev–Trinajstić information content (AvgIpc) is 3.22. The van der Waals surface area contributed by atoms with Gasteiger partial charge in [0, 0.05) is 42.8 Å². The van der Waals surface area contributed by atoms with E-state index in [-0.39, 0.29) is 12.1 Å². The second-order valence-corrected chi connectivity index (χ2v) is 7.62. The van der Waals surface area contributed by atoms with Crippen molar-refractivity contribution in [3.63, 3.8) is 0 Å². The van der Waals surface area contributed by atoms with Crippen LogP contribution in [0.25, 0.3) is 10.9 Å². The van der Waals surface area contributed by atoms with Gasteiger partial charge >= 0.3 is 0 Å². The maximum atomic E-state index is 12.6. The first-order valence-electron chi connectivity index (χ1n) is 9.57. The first-order chi connectivity index (χ1) is 12.3. The number of aromatic amines is 1. The fraction of sp³-hybridized carbons (Fsp3) is 0.550. The number of likely N-dealkylation sites (tertiary alicyclic amines) is 2. The molecule has 5 rings (SSSR count). The summed E-state index contributed by atoms with van der Waals surface area (Å²) in [7, 11) is 0. The molecular weight excluding hydrogens is 314 g/mol.